The highest BCUT2D eigenvalue weighted by atomic mass is 35.5. The van der Waals surface area contributed by atoms with Crippen molar-refractivity contribution in [2.45, 2.75) is 12.5 Å². The average Bonchev–Trinajstić information content (AvgIpc) is 2.69. The van der Waals surface area contributed by atoms with Gasteiger partial charge in [0.05, 0.1) is 0 Å². The fourth-order valence-corrected chi connectivity index (χ4v) is 2.37. The fraction of sp³-hybridized carbons (Fsp3) is 0.417. The first-order valence-corrected chi connectivity index (χ1v) is 6.51. The van der Waals surface area contributed by atoms with Gasteiger partial charge in [-0.3, -0.25) is 0 Å². The predicted molar refractivity (Wildman–Crippen MR) is 74.4 cm³/mol. The summed E-state index contributed by atoms with van der Waals surface area (Å²) in [7, 11) is 0. The lowest BCUT2D eigenvalue weighted by Gasteiger charge is -2.08. The third kappa shape index (κ3) is 4.05. The molecule has 1 aromatic carbocycles. The minimum Gasteiger partial charge on any atom is -0.463 e. The second kappa shape index (κ2) is 6.27. The summed E-state index contributed by atoms with van der Waals surface area (Å²) >= 11 is 11.9. The Morgan fingerprint density at radius 3 is 2.67 bits per heavy atom. The lowest BCUT2D eigenvalue weighted by atomic mass is 10.1. The van der Waals surface area contributed by atoms with E-state index in [-0.39, 0.29) is 12.1 Å². The van der Waals surface area contributed by atoms with Crippen molar-refractivity contribution in [1.29, 1.82) is 0 Å². The van der Waals surface area contributed by atoms with Crippen LogP contribution in [0.3, 0.4) is 0 Å². The van der Waals surface area contributed by atoms with Gasteiger partial charge in [0.2, 0.25) is 0 Å². The summed E-state index contributed by atoms with van der Waals surface area (Å²) in [6.45, 7) is 2.15. The molecule has 4 nitrogen and oxygen atoms in total. The lowest BCUT2D eigenvalue weighted by molar-refractivity contribution is 0.309. The number of benzene rings is 1. The van der Waals surface area contributed by atoms with Crippen molar-refractivity contribution in [2.24, 2.45) is 10.7 Å². The van der Waals surface area contributed by atoms with Crippen LogP contribution < -0.4 is 11.1 Å². The zero-order valence-corrected chi connectivity index (χ0v) is 11.3. The van der Waals surface area contributed by atoms with Gasteiger partial charge in [-0.25, -0.2) is 4.99 Å². The number of nitrogens with zero attached hydrogens (tertiary/aromatic N) is 1. The molecule has 1 heterocycles. The Bertz CT molecular complexity index is 431. The first-order chi connectivity index (χ1) is 8.63. The number of nitrogens with one attached hydrogen (secondary N) is 1. The molecule has 0 amide bonds. The number of hydrogen-bond acceptors (Lipinski definition) is 4. The maximum absolute atomic E-state index is 5.93. The molecular weight excluding hydrogens is 273 g/mol. The van der Waals surface area contributed by atoms with Gasteiger partial charge in [0.1, 0.15) is 12.6 Å². The van der Waals surface area contributed by atoms with Gasteiger partial charge in [0.15, 0.2) is 0 Å². The van der Waals surface area contributed by atoms with Gasteiger partial charge in [0.25, 0.3) is 6.02 Å². The molecule has 0 unspecified atom stereocenters. The Kier molecular flexibility index (Phi) is 4.69. The van der Waals surface area contributed by atoms with Crippen LogP contribution in [-0.2, 0) is 11.2 Å². The smallest absolute Gasteiger partial charge is 0.282 e. The molecule has 1 aromatic rings. The van der Waals surface area contributed by atoms with Gasteiger partial charge in [-0.2, -0.15) is 0 Å². The van der Waals surface area contributed by atoms with E-state index >= 15 is 0 Å². The summed E-state index contributed by atoms with van der Waals surface area (Å²) in [6.07, 6.45) is 0.868. The van der Waals surface area contributed by atoms with Crippen LogP contribution in [0.5, 0.6) is 0 Å². The van der Waals surface area contributed by atoms with E-state index in [1.54, 1.807) is 6.07 Å². The molecule has 0 saturated heterocycles. The van der Waals surface area contributed by atoms with E-state index in [4.69, 9.17) is 33.7 Å². The third-order valence-electron chi connectivity index (χ3n) is 2.63. The summed E-state index contributed by atoms with van der Waals surface area (Å²) in [4.78, 5) is 4.13. The van der Waals surface area contributed by atoms with Crippen LogP contribution in [0.1, 0.15) is 5.56 Å². The minimum absolute atomic E-state index is 0.118. The minimum atomic E-state index is 0.118. The summed E-state index contributed by atoms with van der Waals surface area (Å²) in [5.74, 6) is 0. The van der Waals surface area contributed by atoms with E-state index in [1.807, 2.05) is 12.1 Å². The van der Waals surface area contributed by atoms with Gasteiger partial charge in [0, 0.05) is 16.6 Å². The zero-order valence-electron chi connectivity index (χ0n) is 9.83. The largest absolute Gasteiger partial charge is 0.463 e. The first kappa shape index (κ1) is 13.5. The van der Waals surface area contributed by atoms with Crippen molar-refractivity contribution in [3.63, 3.8) is 0 Å². The normalized spacial score (nSPS) is 18.6. The number of nitrogens with two attached hydrogens (primary N) is 1. The quantitative estimate of drug-likeness (QED) is 0.813. The molecule has 1 aliphatic rings. The predicted octanol–water partition coefficient (Wildman–Crippen LogP) is 1.84. The van der Waals surface area contributed by atoms with Crippen LogP contribution in [0.15, 0.2) is 23.2 Å². The Morgan fingerprint density at radius 1 is 1.33 bits per heavy atom. The van der Waals surface area contributed by atoms with Crippen LogP contribution in [0, 0.1) is 0 Å². The van der Waals surface area contributed by atoms with Crippen LogP contribution in [0.4, 0.5) is 0 Å². The van der Waals surface area contributed by atoms with E-state index in [0.717, 1.165) is 25.1 Å². The third-order valence-corrected chi connectivity index (χ3v) is 3.06. The van der Waals surface area contributed by atoms with Gasteiger partial charge < -0.3 is 15.8 Å². The zero-order chi connectivity index (χ0) is 13.0. The van der Waals surface area contributed by atoms with Crippen molar-refractivity contribution in [3.8, 4) is 0 Å². The number of amidine groups is 1. The second-order valence-electron chi connectivity index (χ2n) is 4.16. The first-order valence-electron chi connectivity index (χ1n) is 5.75. The van der Waals surface area contributed by atoms with Crippen molar-refractivity contribution in [2.75, 3.05) is 19.7 Å². The summed E-state index contributed by atoms with van der Waals surface area (Å²) in [6, 6.07) is 5.97. The maximum Gasteiger partial charge on any atom is 0.282 e. The fourth-order valence-electron chi connectivity index (χ4n) is 1.80. The van der Waals surface area contributed by atoms with Crippen molar-refractivity contribution >= 4 is 29.2 Å². The van der Waals surface area contributed by atoms with Crippen LogP contribution in [0.25, 0.3) is 0 Å². The molecule has 6 heteroatoms. The van der Waals surface area contributed by atoms with E-state index in [9.17, 15) is 0 Å². The van der Waals surface area contributed by atoms with Gasteiger partial charge in [-0.05, 0) is 36.7 Å². The van der Waals surface area contributed by atoms with E-state index in [0.29, 0.717) is 16.7 Å². The molecule has 0 aromatic heterocycles. The van der Waals surface area contributed by atoms with Crippen LogP contribution in [0.2, 0.25) is 10.0 Å². The lowest BCUT2D eigenvalue weighted by Crippen LogP contribution is -2.28. The molecule has 98 valence electrons. The number of halogens is 2. The summed E-state index contributed by atoms with van der Waals surface area (Å²) in [5.41, 5.74) is 6.54. The average molecular weight is 288 g/mol. The van der Waals surface area contributed by atoms with E-state index in [2.05, 4.69) is 10.3 Å². The Balaban J connectivity index is 1.72. The Morgan fingerprint density at radius 2 is 2.06 bits per heavy atom. The molecule has 0 bridgehead atoms. The van der Waals surface area contributed by atoms with Gasteiger partial charge in [-0.1, -0.05) is 23.2 Å². The summed E-state index contributed by atoms with van der Waals surface area (Å²) < 4.78 is 5.07. The SMILES string of the molecule is NC1=N[C@@H](CNCCc2cc(Cl)cc(Cl)c2)CO1. The molecule has 3 N–H and O–H groups in total. The van der Waals surface area contributed by atoms with Crippen LogP contribution in [-0.4, -0.2) is 31.8 Å². The number of aliphatic imine (C=N–C) groups is 1. The van der Waals surface area contributed by atoms with Gasteiger partial charge in [-0.15, -0.1) is 0 Å². The summed E-state index contributed by atoms with van der Waals surface area (Å²) in [5, 5.41) is 4.64. The number of rotatable bonds is 5. The van der Waals surface area contributed by atoms with Crippen LogP contribution >= 0.6 is 23.2 Å². The molecule has 2 rings (SSSR count). The standard InChI is InChI=1S/C12H15Cl2N3O/c13-9-3-8(4-10(14)5-9)1-2-16-6-11-7-18-12(15)17-11/h3-5,11,16H,1-2,6-7H2,(H2,15,17)/t11-/m0/s1. The molecular formula is C12H15Cl2N3O. The Labute approximate surface area is 116 Å². The van der Waals surface area contributed by atoms with Crippen molar-refractivity contribution in [1.82, 2.24) is 5.32 Å². The molecule has 0 fully saturated rings. The van der Waals surface area contributed by atoms with Crippen molar-refractivity contribution < 1.29 is 4.74 Å². The number of hydrogen-bond donors (Lipinski definition) is 2. The second-order valence-corrected chi connectivity index (χ2v) is 5.04. The molecule has 1 atom stereocenters. The highest BCUT2D eigenvalue weighted by molar-refractivity contribution is 6.34. The maximum atomic E-state index is 5.93. The monoisotopic (exact) mass is 287 g/mol. The van der Waals surface area contributed by atoms with E-state index in [1.165, 1.54) is 0 Å². The number of ether oxygens (including phenoxy) is 1. The van der Waals surface area contributed by atoms with Gasteiger partial charge >= 0.3 is 0 Å². The Hall–Kier alpha value is -0.970. The van der Waals surface area contributed by atoms with Crippen molar-refractivity contribution in [3.05, 3.63) is 33.8 Å². The highest BCUT2D eigenvalue weighted by Crippen LogP contribution is 2.19. The molecule has 0 spiro atoms. The topological polar surface area (TPSA) is 59.6 Å². The molecule has 1 aliphatic heterocycles. The van der Waals surface area contributed by atoms with E-state index < -0.39 is 0 Å². The molecule has 0 radical (unpaired) electrons. The molecule has 0 saturated carbocycles. The highest BCUT2D eigenvalue weighted by Gasteiger charge is 2.15. The molecule has 18 heavy (non-hydrogen) atoms. The molecule has 0 aliphatic carbocycles.